The van der Waals surface area contributed by atoms with Crippen molar-refractivity contribution in [2.24, 2.45) is 5.10 Å². The van der Waals surface area contributed by atoms with Gasteiger partial charge in [-0.3, -0.25) is 0 Å². The average Bonchev–Trinajstić information content (AvgIpc) is 2.74. The Morgan fingerprint density at radius 2 is 1.68 bits per heavy atom. The van der Waals surface area contributed by atoms with E-state index in [2.05, 4.69) is 33.1 Å². The van der Waals surface area contributed by atoms with E-state index in [0.717, 1.165) is 16.7 Å². The monoisotopic (exact) mass is 588 g/mol. The fourth-order valence-corrected chi connectivity index (χ4v) is 3.91. The number of nitrogens with one attached hydrogen (secondary N) is 1. The van der Waals surface area contributed by atoms with Gasteiger partial charge in [-0.15, -0.1) is 0 Å². The molecule has 0 saturated heterocycles. The van der Waals surface area contributed by atoms with E-state index in [0.29, 0.717) is 46.3 Å². The molecule has 0 saturated carbocycles. The van der Waals surface area contributed by atoms with E-state index in [1.807, 2.05) is 37.3 Å². The lowest BCUT2D eigenvalue weighted by molar-refractivity contribution is 0.269. The highest BCUT2D eigenvalue weighted by atomic mass is 127. The number of hydrazone groups is 1. The molecule has 0 amide bonds. The van der Waals surface area contributed by atoms with E-state index >= 15 is 0 Å². The van der Waals surface area contributed by atoms with Crippen LogP contribution in [0.4, 0.5) is 0 Å². The van der Waals surface area contributed by atoms with Crippen LogP contribution < -0.4 is 14.9 Å². The minimum absolute atomic E-state index is 0.393. The predicted octanol–water partition coefficient (Wildman–Crippen LogP) is 7.35. The number of benzene rings is 3. The summed E-state index contributed by atoms with van der Waals surface area (Å²) in [5.41, 5.74) is 5.56. The maximum Gasteiger partial charge on any atom is 0.180 e. The van der Waals surface area contributed by atoms with Gasteiger partial charge in [-0.05, 0) is 77.0 Å². The van der Waals surface area contributed by atoms with Gasteiger partial charge in [0.15, 0.2) is 11.5 Å². The molecule has 3 aromatic carbocycles. The van der Waals surface area contributed by atoms with Gasteiger partial charge in [-0.25, -0.2) is 0 Å². The van der Waals surface area contributed by atoms with Crippen LogP contribution in [-0.2, 0) is 13.2 Å². The molecular weight excluding hydrogens is 570 g/mol. The van der Waals surface area contributed by atoms with Crippen molar-refractivity contribution in [2.75, 3.05) is 6.61 Å². The summed E-state index contributed by atoms with van der Waals surface area (Å²) in [5, 5.41) is 5.87. The third kappa shape index (κ3) is 6.91. The lowest BCUT2D eigenvalue weighted by atomic mass is 10.2. The van der Waals surface area contributed by atoms with Crippen molar-refractivity contribution in [3.05, 3.63) is 89.9 Å². The van der Waals surface area contributed by atoms with Crippen molar-refractivity contribution >= 4 is 63.6 Å². The van der Waals surface area contributed by atoms with Crippen LogP contribution in [0.25, 0.3) is 0 Å². The Morgan fingerprint density at radius 1 is 0.968 bits per heavy atom. The minimum Gasteiger partial charge on any atom is -0.490 e. The highest BCUT2D eigenvalue weighted by Crippen LogP contribution is 2.37. The van der Waals surface area contributed by atoms with Gasteiger partial charge in [0.05, 0.1) is 24.4 Å². The van der Waals surface area contributed by atoms with Crippen molar-refractivity contribution in [2.45, 2.75) is 20.1 Å². The Hall–Kier alpha value is -1.67. The second-order valence-corrected chi connectivity index (χ2v) is 8.94. The fraction of sp³-hybridized carbons (Fsp3) is 0.174. The Morgan fingerprint density at radius 3 is 2.35 bits per heavy atom. The normalized spacial score (nSPS) is 11.0. The molecule has 0 spiro atoms. The van der Waals surface area contributed by atoms with Crippen molar-refractivity contribution in [3.63, 3.8) is 0 Å². The van der Waals surface area contributed by atoms with Crippen molar-refractivity contribution < 1.29 is 9.47 Å². The van der Waals surface area contributed by atoms with Gasteiger partial charge < -0.3 is 14.9 Å². The van der Waals surface area contributed by atoms with Crippen LogP contribution in [0.1, 0.15) is 23.6 Å². The van der Waals surface area contributed by atoms with Crippen LogP contribution in [0.2, 0.25) is 15.1 Å². The molecule has 0 fully saturated rings. The van der Waals surface area contributed by atoms with Gasteiger partial charge in [0, 0.05) is 19.2 Å². The molecule has 0 atom stereocenters. The summed E-state index contributed by atoms with van der Waals surface area (Å²) in [6.45, 7) is 3.19. The van der Waals surface area contributed by atoms with Gasteiger partial charge in [-0.1, -0.05) is 53.0 Å². The number of hydrogen-bond donors (Lipinski definition) is 1. The number of rotatable bonds is 9. The van der Waals surface area contributed by atoms with E-state index in [1.165, 1.54) is 3.57 Å². The molecule has 3 aromatic rings. The second-order valence-electron chi connectivity index (χ2n) is 6.47. The van der Waals surface area contributed by atoms with Crippen molar-refractivity contribution in [1.29, 1.82) is 0 Å². The molecule has 0 unspecified atom stereocenters. The van der Waals surface area contributed by atoms with Crippen LogP contribution in [0, 0.1) is 3.57 Å². The van der Waals surface area contributed by atoms with Crippen LogP contribution in [0.3, 0.4) is 0 Å². The zero-order valence-corrected chi connectivity index (χ0v) is 21.1. The molecule has 0 heterocycles. The first-order valence-electron chi connectivity index (χ1n) is 9.50. The Balaban J connectivity index is 1.70. The molecule has 8 heteroatoms. The summed E-state index contributed by atoms with van der Waals surface area (Å²) in [4.78, 5) is 0. The number of ether oxygens (including phenoxy) is 2. The maximum absolute atomic E-state index is 6.49. The van der Waals surface area contributed by atoms with Gasteiger partial charge in [0.2, 0.25) is 0 Å². The SMILES string of the molecule is CCOc1cc(/C=N/NCc2c(Cl)cccc2Cl)cc(Cl)c1OCc1ccc(I)cc1. The zero-order valence-electron chi connectivity index (χ0n) is 16.7. The first-order valence-corrected chi connectivity index (χ1v) is 11.7. The summed E-state index contributed by atoms with van der Waals surface area (Å²) in [7, 11) is 0. The molecular formula is C23H20Cl3IN2O2. The van der Waals surface area contributed by atoms with Crippen molar-refractivity contribution in [1.82, 2.24) is 5.43 Å². The molecule has 0 aliphatic rings. The molecule has 31 heavy (non-hydrogen) atoms. The van der Waals surface area contributed by atoms with Crippen molar-refractivity contribution in [3.8, 4) is 11.5 Å². The molecule has 0 aromatic heterocycles. The highest BCUT2D eigenvalue weighted by Gasteiger charge is 2.13. The molecule has 0 radical (unpaired) electrons. The van der Waals surface area contributed by atoms with E-state index in [4.69, 9.17) is 44.3 Å². The fourth-order valence-electron chi connectivity index (χ4n) is 2.75. The molecule has 1 N–H and O–H groups in total. The summed E-state index contributed by atoms with van der Waals surface area (Å²) >= 11 is 21.1. The summed E-state index contributed by atoms with van der Waals surface area (Å²) < 4.78 is 12.9. The van der Waals surface area contributed by atoms with Crippen LogP contribution in [-0.4, -0.2) is 12.8 Å². The summed E-state index contributed by atoms with van der Waals surface area (Å²) in [6.07, 6.45) is 1.65. The molecule has 162 valence electrons. The van der Waals surface area contributed by atoms with Crippen LogP contribution in [0.15, 0.2) is 59.7 Å². The minimum atomic E-state index is 0.393. The largest absolute Gasteiger partial charge is 0.490 e. The van der Waals surface area contributed by atoms with E-state index in [9.17, 15) is 0 Å². The Bertz CT molecular complexity index is 1040. The van der Waals surface area contributed by atoms with Gasteiger partial charge in [0.1, 0.15) is 6.61 Å². The summed E-state index contributed by atoms with van der Waals surface area (Å²) in [5.74, 6) is 1.08. The zero-order chi connectivity index (χ0) is 22.2. The molecule has 3 rings (SSSR count). The quantitative estimate of drug-likeness (QED) is 0.161. The van der Waals surface area contributed by atoms with E-state index < -0.39 is 0 Å². The first-order chi connectivity index (χ1) is 15.0. The molecule has 0 bridgehead atoms. The van der Waals surface area contributed by atoms with Crippen LogP contribution in [0.5, 0.6) is 11.5 Å². The van der Waals surface area contributed by atoms with E-state index in [1.54, 1.807) is 30.5 Å². The van der Waals surface area contributed by atoms with Gasteiger partial charge in [-0.2, -0.15) is 5.10 Å². The lowest BCUT2D eigenvalue weighted by Crippen LogP contribution is -2.07. The number of nitrogens with zero attached hydrogens (tertiary/aromatic N) is 1. The lowest BCUT2D eigenvalue weighted by Gasteiger charge is -2.14. The maximum atomic E-state index is 6.49. The number of halogens is 4. The molecule has 0 aliphatic carbocycles. The topological polar surface area (TPSA) is 42.8 Å². The average molecular weight is 590 g/mol. The first kappa shape index (κ1) is 24.0. The smallest absolute Gasteiger partial charge is 0.180 e. The third-order valence-corrected chi connectivity index (χ3v) is 5.96. The molecule has 0 aliphatic heterocycles. The van der Waals surface area contributed by atoms with E-state index in [-0.39, 0.29) is 0 Å². The summed E-state index contributed by atoms with van der Waals surface area (Å²) in [6, 6.07) is 17.1. The third-order valence-electron chi connectivity index (χ3n) is 4.25. The van der Waals surface area contributed by atoms with Gasteiger partial charge in [0.25, 0.3) is 0 Å². The standard InChI is InChI=1S/C23H20Cl3IN2O2/c1-2-30-22-11-16(12-28-29-13-18-19(24)4-3-5-20(18)25)10-21(26)23(22)31-14-15-6-8-17(27)9-7-15/h3-12,29H,2,13-14H2,1H3/b28-12+. The van der Waals surface area contributed by atoms with Gasteiger partial charge >= 0.3 is 0 Å². The number of hydrogen-bond acceptors (Lipinski definition) is 4. The second kappa shape index (κ2) is 11.8. The Kier molecular flexibility index (Phi) is 9.14. The predicted molar refractivity (Wildman–Crippen MR) is 137 cm³/mol. The molecule has 4 nitrogen and oxygen atoms in total. The van der Waals surface area contributed by atoms with Crippen LogP contribution >= 0.6 is 57.4 Å². The highest BCUT2D eigenvalue weighted by molar-refractivity contribution is 14.1. The Labute approximate surface area is 210 Å².